The van der Waals surface area contributed by atoms with Crippen LogP contribution in [-0.4, -0.2) is 15.0 Å². The van der Waals surface area contributed by atoms with Gasteiger partial charge in [0.25, 0.3) is 0 Å². The third kappa shape index (κ3) is 4.75. The number of aromatic nitrogens is 3. The molecular weight excluding hydrogens is 526 g/mol. The van der Waals surface area contributed by atoms with E-state index in [0.29, 0.717) is 17.5 Å². The van der Waals surface area contributed by atoms with Gasteiger partial charge in [-0.25, -0.2) is 15.0 Å². The minimum atomic E-state index is 0.630. The molecule has 8 rings (SSSR count). The van der Waals surface area contributed by atoms with Crippen molar-refractivity contribution in [2.24, 2.45) is 0 Å². The minimum Gasteiger partial charge on any atom is -0.456 e. The van der Waals surface area contributed by atoms with Crippen LogP contribution in [0.1, 0.15) is 0 Å². The topological polar surface area (TPSA) is 51.8 Å². The minimum absolute atomic E-state index is 0.630. The fourth-order valence-electron chi connectivity index (χ4n) is 5.56. The highest BCUT2D eigenvalue weighted by Gasteiger charge is 2.14. The molecule has 0 saturated heterocycles. The van der Waals surface area contributed by atoms with Crippen molar-refractivity contribution in [2.45, 2.75) is 0 Å². The summed E-state index contributed by atoms with van der Waals surface area (Å²) >= 11 is 0. The average molecular weight is 552 g/mol. The third-order valence-electron chi connectivity index (χ3n) is 7.73. The first kappa shape index (κ1) is 24.9. The molecule has 4 nitrogen and oxygen atoms in total. The predicted octanol–water partition coefficient (Wildman–Crippen LogP) is 10.1. The monoisotopic (exact) mass is 551 g/mol. The van der Waals surface area contributed by atoms with Gasteiger partial charge in [-0.15, -0.1) is 0 Å². The Bertz CT molecular complexity index is 2240. The van der Waals surface area contributed by atoms with Crippen molar-refractivity contribution >= 4 is 21.9 Å². The summed E-state index contributed by atoms with van der Waals surface area (Å²) in [6.45, 7) is 0. The molecule has 8 aromatic rings. The van der Waals surface area contributed by atoms with Gasteiger partial charge in [0, 0.05) is 27.5 Å². The van der Waals surface area contributed by atoms with Gasteiger partial charge in [0.1, 0.15) is 11.2 Å². The van der Waals surface area contributed by atoms with Gasteiger partial charge in [-0.05, 0) is 52.6 Å². The van der Waals surface area contributed by atoms with Crippen LogP contribution in [0.2, 0.25) is 0 Å². The lowest BCUT2D eigenvalue weighted by Crippen LogP contribution is -2.00. The molecule has 4 heteroatoms. The van der Waals surface area contributed by atoms with Crippen LogP contribution in [0.4, 0.5) is 0 Å². The van der Waals surface area contributed by atoms with Gasteiger partial charge in [0.05, 0.1) is 0 Å². The first-order valence-electron chi connectivity index (χ1n) is 14.3. The lowest BCUT2D eigenvalue weighted by Gasteiger charge is -2.10. The van der Waals surface area contributed by atoms with Gasteiger partial charge in [0.2, 0.25) is 0 Å². The Kier molecular flexibility index (Phi) is 6.08. The Morgan fingerprint density at radius 1 is 0.302 bits per heavy atom. The van der Waals surface area contributed by atoms with E-state index in [0.717, 1.165) is 60.9 Å². The van der Waals surface area contributed by atoms with Crippen LogP contribution < -0.4 is 0 Å². The second kappa shape index (κ2) is 10.5. The van der Waals surface area contributed by atoms with E-state index < -0.39 is 0 Å². The molecule has 0 spiro atoms. The highest BCUT2D eigenvalue weighted by Crippen LogP contribution is 2.34. The van der Waals surface area contributed by atoms with Crippen molar-refractivity contribution < 1.29 is 4.42 Å². The lowest BCUT2D eigenvalue weighted by atomic mass is 10.0. The third-order valence-corrected chi connectivity index (χ3v) is 7.73. The van der Waals surface area contributed by atoms with Crippen molar-refractivity contribution in [3.05, 3.63) is 152 Å². The van der Waals surface area contributed by atoms with Gasteiger partial charge < -0.3 is 4.42 Å². The standard InChI is InChI=1S/C39H25N3O/c1-3-11-26(12-4-1)28-15-9-17-31(23-28)38-40-37(27-13-5-2-6-14-27)41-39(42-38)32-18-10-16-29(24-32)30-21-22-36-34(25-30)33-19-7-8-20-35(33)43-36/h1-25H. The predicted molar refractivity (Wildman–Crippen MR) is 174 cm³/mol. The van der Waals surface area contributed by atoms with Gasteiger partial charge in [-0.1, -0.05) is 121 Å². The van der Waals surface area contributed by atoms with Crippen LogP contribution in [-0.2, 0) is 0 Å². The first-order chi connectivity index (χ1) is 21.3. The van der Waals surface area contributed by atoms with E-state index in [1.54, 1.807) is 0 Å². The van der Waals surface area contributed by atoms with Crippen molar-refractivity contribution in [1.82, 2.24) is 15.0 Å². The summed E-state index contributed by atoms with van der Waals surface area (Å²) in [5.74, 6) is 1.91. The maximum Gasteiger partial charge on any atom is 0.164 e. The summed E-state index contributed by atoms with van der Waals surface area (Å²) in [6, 6.07) is 51.7. The molecule has 0 saturated carbocycles. The summed E-state index contributed by atoms with van der Waals surface area (Å²) < 4.78 is 6.06. The summed E-state index contributed by atoms with van der Waals surface area (Å²) in [7, 11) is 0. The molecule has 6 aromatic carbocycles. The molecule has 2 heterocycles. The van der Waals surface area contributed by atoms with Crippen LogP contribution in [0.3, 0.4) is 0 Å². The van der Waals surface area contributed by atoms with Crippen molar-refractivity contribution in [2.75, 3.05) is 0 Å². The Balaban J connectivity index is 1.25. The molecule has 0 aliphatic rings. The maximum absolute atomic E-state index is 6.06. The molecule has 0 radical (unpaired) electrons. The van der Waals surface area contributed by atoms with E-state index in [1.807, 2.05) is 60.7 Å². The zero-order chi connectivity index (χ0) is 28.6. The molecule has 0 aliphatic heterocycles. The van der Waals surface area contributed by atoms with E-state index in [9.17, 15) is 0 Å². The second-order valence-corrected chi connectivity index (χ2v) is 10.5. The number of hydrogen-bond donors (Lipinski definition) is 0. The fraction of sp³-hybridized carbons (Fsp3) is 0. The molecule has 0 N–H and O–H groups in total. The van der Waals surface area contributed by atoms with Crippen LogP contribution in [0.25, 0.3) is 78.4 Å². The Hall–Kier alpha value is -5.87. The van der Waals surface area contributed by atoms with Crippen molar-refractivity contribution in [3.63, 3.8) is 0 Å². The summed E-state index contributed by atoms with van der Waals surface area (Å²) in [5, 5.41) is 2.22. The normalized spacial score (nSPS) is 11.3. The smallest absolute Gasteiger partial charge is 0.164 e. The molecule has 0 unspecified atom stereocenters. The molecule has 0 bridgehead atoms. The molecule has 0 amide bonds. The number of benzene rings is 6. The fourth-order valence-corrected chi connectivity index (χ4v) is 5.56. The van der Waals surface area contributed by atoms with E-state index in [2.05, 4.69) is 91.0 Å². The van der Waals surface area contributed by atoms with Crippen LogP contribution in [0, 0.1) is 0 Å². The number of hydrogen-bond acceptors (Lipinski definition) is 4. The van der Waals surface area contributed by atoms with Gasteiger partial charge in [0.15, 0.2) is 17.5 Å². The molecular formula is C39H25N3O. The Morgan fingerprint density at radius 3 is 1.44 bits per heavy atom. The summed E-state index contributed by atoms with van der Waals surface area (Å²) in [4.78, 5) is 14.9. The lowest BCUT2D eigenvalue weighted by molar-refractivity contribution is 0.669. The van der Waals surface area contributed by atoms with E-state index in [4.69, 9.17) is 19.4 Å². The number of para-hydroxylation sites is 1. The van der Waals surface area contributed by atoms with Crippen LogP contribution in [0.5, 0.6) is 0 Å². The molecule has 202 valence electrons. The molecule has 43 heavy (non-hydrogen) atoms. The molecule has 0 atom stereocenters. The van der Waals surface area contributed by atoms with Crippen molar-refractivity contribution in [3.8, 4) is 56.4 Å². The van der Waals surface area contributed by atoms with Gasteiger partial charge >= 0.3 is 0 Å². The van der Waals surface area contributed by atoms with Crippen LogP contribution >= 0.6 is 0 Å². The second-order valence-electron chi connectivity index (χ2n) is 10.5. The maximum atomic E-state index is 6.06. The van der Waals surface area contributed by atoms with Gasteiger partial charge in [-0.3, -0.25) is 0 Å². The Labute approximate surface area is 249 Å². The quantitative estimate of drug-likeness (QED) is 0.214. The first-order valence-corrected chi connectivity index (χ1v) is 14.3. The number of rotatable bonds is 5. The van der Waals surface area contributed by atoms with E-state index in [-0.39, 0.29) is 0 Å². The highest BCUT2D eigenvalue weighted by molar-refractivity contribution is 6.06. The van der Waals surface area contributed by atoms with E-state index in [1.165, 1.54) is 0 Å². The largest absolute Gasteiger partial charge is 0.456 e. The van der Waals surface area contributed by atoms with E-state index >= 15 is 0 Å². The molecule has 0 aliphatic carbocycles. The number of nitrogens with zero attached hydrogens (tertiary/aromatic N) is 3. The SMILES string of the molecule is c1ccc(-c2cccc(-c3nc(-c4ccccc4)nc(-c4cccc(-c5ccc6oc7ccccc7c6c5)c4)n3)c2)cc1. The zero-order valence-corrected chi connectivity index (χ0v) is 23.2. The number of furan rings is 1. The van der Waals surface area contributed by atoms with Gasteiger partial charge in [-0.2, -0.15) is 0 Å². The highest BCUT2D eigenvalue weighted by atomic mass is 16.3. The summed E-state index contributed by atoms with van der Waals surface area (Å²) in [6.07, 6.45) is 0. The zero-order valence-electron chi connectivity index (χ0n) is 23.2. The summed E-state index contributed by atoms with van der Waals surface area (Å²) in [5.41, 5.74) is 9.04. The molecule has 0 fully saturated rings. The number of fused-ring (bicyclic) bond motifs is 3. The molecule has 2 aromatic heterocycles. The average Bonchev–Trinajstić information content (AvgIpc) is 3.47. The van der Waals surface area contributed by atoms with Crippen LogP contribution in [0.15, 0.2) is 156 Å². The Morgan fingerprint density at radius 2 is 0.767 bits per heavy atom. The van der Waals surface area contributed by atoms with Crippen molar-refractivity contribution in [1.29, 1.82) is 0 Å².